The Bertz CT molecular complexity index is 2340. The SMILES string of the molecule is Brc1cnn2cc(-c3ccc(CCN4CCCCC4)cc3)cnc12.C.CC(O)c1cccc(-c2cnn3cc(-c4ccc(CCN5CCNCC5)cc4)cnc23)c1. The maximum Gasteiger partial charge on any atom is 0.169 e. The van der Waals surface area contributed by atoms with Crippen LogP contribution in [0.25, 0.3) is 44.7 Å². The van der Waals surface area contributed by atoms with E-state index in [1.54, 1.807) is 13.1 Å². The van der Waals surface area contributed by atoms with Crippen molar-refractivity contribution in [2.45, 2.75) is 52.6 Å². The number of likely N-dealkylation sites (tertiary alicyclic amines) is 1. The molecule has 0 bridgehead atoms. The van der Waals surface area contributed by atoms with Crippen molar-refractivity contribution >= 4 is 27.2 Å². The molecule has 4 aromatic heterocycles. The Hall–Kier alpha value is -4.78. The first-order valence-electron chi connectivity index (χ1n) is 19.9. The summed E-state index contributed by atoms with van der Waals surface area (Å²) in [6.45, 7) is 11.1. The van der Waals surface area contributed by atoms with Gasteiger partial charge < -0.3 is 20.2 Å². The highest BCUT2D eigenvalue weighted by atomic mass is 79.9. The third kappa shape index (κ3) is 10.0. The van der Waals surface area contributed by atoms with Crippen molar-refractivity contribution in [1.29, 1.82) is 0 Å². The van der Waals surface area contributed by atoms with Crippen molar-refractivity contribution in [2.24, 2.45) is 0 Å². The van der Waals surface area contributed by atoms with Gasteiger partial charge in [-0.05, 0) is 101 Å². The Morgan fingerprint density at radius 3 is 1.82 bits per heavy atom. The number of hydrogen-bond acceptors (Lipinski definition) is 8. The van der Waals surface area contributed by atoms with E-state index in [2.05, 4.69) is 94.8 Å². The molecule has 0 aliphatic carbocycles. The summed E-state index contributed by atoms with van der Waals surface area (Å²) in [4.78, 5) is 14.3. The number of aromatic nitrogens is 6. The minimum Gasteiger partial charge on any atom is -0.389 e. The normalized spacial score (nSPS) is 15.6. The van der Waals surface area contributed by atoms with E-state index in [1.165, 1.54) is 55.6 Å². The van der Waals surface area contributed by atoms with Crippen LogP contribution in [0.15, 0.2) is 114 Å². The number of benzene rings is 3. The quantitative estimate of drug-likeness (QED) is 0.142. The fourth-order valence-electron chi connectivity index (χ4n) is 7.61. The molecule has 0 radical (unpaired) electrons. The lowest BCUT2D eigenvalue weighted by molar-refractivity contribution is 0.199. The third-order valence-corrected chi connectivity index (χ3v) is 11.6. The maximum absolute atomic E-state index is 9.90. The lowest BCUT2D eigenvalue weighted by atomic mass is 10.0. The summed E-state index contributed by atoms with van der Waals surface area (Å²) in [6.07, 6.45) is 17.3. The molecule has 296 valence electrons. The van der Waals surface area contributed by atoms with E-state index in [4.69, 9.17) is 4.98 Å². The summed E-state index contributed by atoms with van der Waals surface area (Å²) in [6, 6.07) is 25.5. The largest absolute Gasteiger partial charge is 0.389 e. The van der Waals surface area contributed by atoms with Gasteiger partial charge in [0, 0.05) is 80.7 Å². The standard InChI is InChI=1S/C26H29N5O.C19H21BrN4.CH4/c1-19(32)22-3-2-4-23(15-22)25-17-29-31-18-24(16-28-26(25)31)21-7-5-20(6-8-21)9-12-30-13-10-27-11-14-30;20-18-13-22-24-14-17(12-21-19(18)24)16-6-4-15(5-7-16)8-11-23-9-2-1-3-10-23;/h2-8,15-19,27,32H,9-14H2,1H3;4-7,12-14H,1-3,8-11H2;1H4. The molecule has 1 unspecified atom stereocenters. The number of hydrogen-bond donors (Lipinski definition) is 2. The topological polar surface area (TPSA) is 99.1 Å². The van der Waals surface area contributed by atoms with Crippen LogP contribution < -0.4 is 5.32 Å². The van der Waals surface area contributed by atoms with E-state index < -0.39 is 6.10 Å². The predicted molar refractivity (Wildman–Crippen MR) is 234 cm³/mol. The molecule has 7 aromatic rings. The highest BCUT2D eigenvalue weighted by molar-refractivity contribution is 9.10. The van der Waals surface area contributed by atoms with Crippen LogP contribution in [-0.2, 0) is 12.8 Å². The van der Waals surface area contributed by atoms with E-state index in [1.807, 2.05) is 64.3 Å². The van der Waals surface area contributed by atoms with Crippen molar-refractivity contribution in [3.05, 3.63) is 131 Å². The summed E-state index contributed by atoms with van der Waals surface area (Å²) in [7, 11) is 0. The number of piperidine rings is 1. The van der Waals surface area contributed by atoms with Crippen LogP contribution in [0.5, 0.6) is 0 Å². The van der Waals surface area contributed by atoms with Gasteiger partial charge in [0.15, 0.2) is 11.3 Å². The van der Waals surface area contributed by atoms with Crippen LogP contribution in [-0.4, -0.2) is 96.5 Å². The van der Waals surface area contributed by atoms with Crippen molar-refractivity contribution in [2.75, 3.05) is 52.4 Å². The summed E-state index contributed by atoms with van der Waals surface area (Å²) >= 11 is 3.46. The van der Waals surface area contributed by atoms with Crippen LogP contribution in [0.4, 0.5) is 0 Å². The van der Waals surface area contributed by atoms with Gasteiger partial charge in [-0.25, -0.2) is 19.0 Å². The third-order valence-electron chi connectivity index (χ3n) is 11.0. The van der Waals surface area contributed by atoms with Crippen molar-refractivity contribution in [3.8, 4) is 33.4 Å². The second kappa shape index (κ2) is 19.1. The molecular weight excluding hydrogens is 774 g/mol. The number of rotatable bonds is 10. The Balaban J connectivity index is 0.000000178. The van der Waals surface area contributed by atoms with E-state index in [0.29, 0.717) is 0 Å². The average Bonchev–Trinajstić information content (AvgIpc) is 3.86. The predicted octanol–water partition coefficient (Wildman–Crippen LogP) is 8.39. The zero-order valence-corrected chi connectivity index (χ0v) is 33.7. The summed E-state index contributed by atoms with van der Waals surface area (Å²) < 4.78 is 4.56. The summed E-state index contributed by atoms with van der Waals surface area (Å²) in [5.41, 5.74) is 11.7. The zero-order valence-electron chi connectivity index (χ0n) is 32.1. The Labute approximate surface area is 344 Å². The Morgan fingerprint density at radius 1 is 0.649 bits per heavy atom. The molecule has 0 spiro atoms. The molecule has 9 rings (SSSR count). The molecule has 3 aromatic carbocycles. The number of nitrogens with zero attached hydrogens (tertiary/aromatic N) is 8. The molecule has 11 heteroatoms. The monoisotopic (exact) mass is 827 g/mol. The molecule has 2 saturated heterocycles. The van der Waals surface area contributed by atoms with Gasteiger partial charge in [-0.3, -0.25) is 0 Å². The lowest BCUT2D eigenvalue weighted by Crippen LogP contribution is -2.44. The van der Waals surface area contributed by atoms with Crippen molar-refractivity contribution in [1.82, 2.24) is 44.3 Å². The second-order valence-electron chi connectivity index (χ2n) is 15.0. The fraction of sp³-hybridized carbons (Fsp3) is 0.348. The van der Waals surface area contributed by atoms with Crippen LogP contribution in [0.1, 0.15) is 56.4 Å². The number of fused-ring (bicyclic) bond motifs is 2. The zero-order chi connectivity index (χ0) is 38.3. The first kappa shape index (κ1) is 40.4. The van der Waals surface area contributed by atoms with Gasteiger partial charge in [0.05, 0.1) is 23.0 Å². The molecule has 10 nitrogen and oxygen atoms in total. The minimum absolute atomic E-state index is 0. The first-order chi connectivity index (χ1) is 27.5. The highest BCUT2D eigenvalue weighted by Crippen LogP contribution is 2.28. The fourth-order valence-corrected chi connectivity index (χ4v) is 7.98. The van der Waals surface area contributed by atoms with Crippen LogP contribution >= 0.6 is 15.9 Å². The molecule has 0 amide bonds. The van der Waals surface area contributed by atoms with Gasteiger partial charge in [-0.15, -0.1) is 0 Å². The molecule has 2 aliphatic heterocycles. The molecule has 57 heavy (non-hydrogen) atoms. The van der Waals surface area contributed by atoms with Crippen LogP contribution in [0, 0.1) is 0 Å². The van der Waals surface area contributed by atoms with Crippen LogP contribution in [0.3, 0.4) is 0 Å². The maximum atomic E-state index is 9.90. The number of aliphatic hydroxyl groups is 1. The van der Waals surface area contributed by atoms with Gasteiger partial charge in [-0.2, -0.15) is 10.2 Å². The number of halogens is 1. The van der Waals surface area contributed by atoms with Gasteiger partial charge in [-0.1, -0.05) is 80.6 Å². The van der Waals surface area contributed by atoms with E-state index >= 15 is 0 Å². The summed E-state index contributed by atoms with van der Waals surface area (Å²) in [5, 5.41) is 22.1. The van der Waals surface area contributed by atoms with Gasteiger partial charge in [0.25, 0.3) is 0 Å². The minimum atomic E-state index is -0.504. The number of piperazine rings is 1. The average molecular weight is 829 g/mol. The van der Waals surface area contributed by atoms with E-state index in [9.17, 15) is 5.11 Å². The van der Waals surface area contributed by atoms with Gasteiger partial charge in [0.2, 0.25) is 0 Å². The molecule has 2 aliphatic rings. The molecule has 1 atom stereocenters. The van der Waals surface area contributed by atoms with E-state index in [0.717, 1.165) is 94.7 Å². The molecule has 2 N–H and O–H groups in total. The Morgan fingerprint density at radius 2 is 1.21 bits per heavy atom. The van der Waals surface area contributed by atoms with Gasteiger partial charge in [0.1, 0.15) is 0 Å². The number of aliphatic hydroxyl groups excluding tert-OH is 1. The van der Waals surface area contributed by atoms with Crippen molar-refractivity contribution in [3.63, 3.8) is 0 Å². The smallest absolute Gasteiger partial charge is 0.169 e. The van der Waals surface area contributed by atoms with E-state index in [-0.39, 0.29) is 7.43 Å². The highest BCUT2D eigenvalue weighted by Gasteiger charge is 2.13. The van der Waals surface area contributed by atoms with Crippen molar-refractivity contribution < 1.29 is 5.11 Å². The Kier molecular flexibility index (Phi) is 13.5. The van der Waals surface area contributed by atoms with Crippen LogP contribution in [0.2, 0.25) is 0 Å². The lowest BCUT2D eigenvalue weighted by Gasteiger charge is -2.27. The first-order valence-corrected chi connectivity index (χ1v) is 20.7. The molecule has 2 fully saturated rings. The number of nitrogens with one attached hydrogen (secondary N) is 1. The molecule has 6 heterocycles. The van der Waals surface area contributed by atoms with Gasteiger partial charge >= 0.3 is 0 Å². The summed E-state index contributed by atoms with van der Waals surface area (Å²) in [5.74, 6) is 0. The second-order valence-corrected chi connectivity index (χ2v) is 15.8. The molecule has 0 saturated carbocycles. The molecular formula is C46H54BrN9O.